The van der Waals surface area contributed by atoms with E-state index < -0.39 is 28.0 Å². The standard InChI is InChI=1S/C23H21Cl3N4O4S/c24-14-3-1-2-13(8-14)9-19-23(32)28(16-5-6-16)12-21-29(11-18(27)22(31)30(19)21)35(33,34)20-7-4-15(25)10-17(20)26/h1-4,7-8,10,12,16,18-19H,5-6,9,11,27H2. The van der Waals surface area contributed by atoms with Crippen LogP contribution in [0.25, 0.3) is 0 Å². The molecule has 2 aliphatic heterocycles. The number of sulfonamides is 1. The van der Waals surface area contributed by atoms with Crippen LogP contribution >= 0.6 is 34.8 Å². The molecule has 2 fully saturated rings. The second-order valence-electron chi connectivity index (χ2n) is 8.74. The summed E-state index contributed by atoms with van der Waals surface area (Å²) in [6.45, 7) is -0.293. The van der Waals surface area contributed by atoms with Crippen LogP contribution in [0.15, 0.2) is 59.4 Å². The van der Waals surface area contributed by atoms with Gasteiger partial charge in [-0.25, -0.2) is 12.7 Å². The van der Waals surface area contributed by atoms with E-state index in [1.165, 1.54) is 34.2 Å². The summed E-state index contributed by atoms with van der Waals surface area (Å²) in [5.74, 6) is -0.748. The molecule has 12 heteroatoms. The van der Waals surface area contributed by atoms with E-state index in [2.05, 4.69) is 0 Å². The summed E-state index contributed by atoms with van der Waals surface area (Å²) in [6, 6.07) is 8.84. The first-order valence-electron chi connectivity index (χ1n) is 10.9. The molecular formula is C23H21Cl3N4O4S. The Morgan fingerprint density at radius 1 is 0.971 bits per heavy atom. The maximum absolute atomic E-state index is 13.8. The largest absolute Gasteiger partial charge is 0.318 e. The summed E-state index contributed by atoms with van der Waals surface area (Å²) in [5, 5.41) is 0.713. The lowest BCUT2D eigenvalue weighted by Gasteiger charge is -2.47. The fourth-order valence-electron chi connectivity index (χ4n) is 4.40. The third-order valence-corrected chi connectivity index (χ3v) is 8.97. The van der Waals surface area contributed by atoms with Crippen molar-refractivity contribution in [2.24, 2.45) is 5.73 Å². The molecule has 2 atom stereocenters. The minimum Gasteiger partial charge on any atom is -0.318 e. The summed E-state index contributed by atoms with van der Waals surface area (Å²) < 4.78 is 28.6. The molecule has 0 radical (unpaired) electrons. The van der Waals surface area contributed by atoms with Crippen molar-refractivity contribution in [2.75, 3.05) is 6.54 Å². The molecule has 0 bridgehead atoms. The second kappa shape index (κ2) is 8.97. The van der Waals surface area contributed by atoms with E-state index >= 15 is 0 Å². The first-order chi connectivity index (χ1) is 16.6. The second-order valence-corrected chi connectivity index (χ2v) is 11.9. The van der Waals surface area contributed by atoms with Crippen LogP contribution in [0.2, 0.25) is 15.1 Å². The highest BCUT2D eigenvalue weighted by atomic mass is 35.5. The van der Waals surface area contributed by atoms with Gasteiger partial charge in [0.15, 0.2) is 0 Å². The Hall–Kier alpha value is -2.30. The first kappa shape index (κ1) is 24.4. The molecule has 2 heterocycles. The van der Waals surface area contributed by atoms with Crippen molar-refractivity contribution in [3.8, 4) is 0 Å². The Morgan fingerprint density at radius 3 is 2.34 bits per heavy atom. The molecule has 0 aromatic heterocycles. The molecule has 0 spiro atoms. The minimum absolute atomic E-state index is 0.0478. The number of fused-ring (bicyclic) bond motifs is 1. The molecule has 2 amide bonds. The van der Waals surface area contributed by atoms with Gasteiger partial charge in [0.2, 0.25) is 11.8 Å². The number of carbonyl (C=O) groups excluding carboxylic acids is 2. The molecule has 8 nitrogen and oxygen atoms in total. The van der Waals surface area contributed by atoms with Crippen molar-refractivity contribution in [3.63, 3.8) is 0 Å². The minimum atomic E-state index is -4.24. The number of nitrogens with two attached hydrogens (primary N) is 1. The Kier molecular flexibility index (Phi) is 6.26. The number of hydrogen-bond donors (Lipinski definition) is 1. The SMILES string of the molecule is NC1CN(S(=O)(=O)c2ccc(Cl)cc2Cl)C2=CN(C3CC3)C(=O)C(Cc3cccc(Cl)c3)N2C1=O. The van der Waals surface area contributed by atoms with Gasteiger partial charge < -0.3 is 10.6 Å². The average Bonchev–Trinajstić information content (AvgIpc) is 3.62. The van der Waals surface area contributed by atoms with Gasteiger partial charge in [-0.2, -0.15) is 0 Å². The lowest BCUT2D eigenvalue weighted by Crippen LogP contribution is -2.66. The van der Waals surface area contributed by atoms with E-state index in [1.807, 2.05) is 0 Å². The lowest BCUT2D eigenvalue weighted by atomic mass is 9.99. The van der Waals surface area contributed by atoms with Gasteiger partial charge in [0.25, 0.3) is 10.0 Å². The van der Waals surface area contributed by atoms with Crippen molar-refractivity contribution in [1.82, 2.24) is 14.1 Å². The van der Waals surface area contributed by atoms with Crippen molar-refractivity contribution in [3.05, 3.63) is 75.1 Å². The number of carbonyl (C=O) groups is 2. The van der Waals surface area contributed by atoms with Crippen LogP contribution in [0.1, 0.15) is 18.4 Å². The van der Waals surface area contributed by atoms with Crippen LogP contribution in [-0.4, -0.2) is 59.0 Å². The zero-order valence-electron chi connectivity index (χ0n) is 18.3. The highest BCUT2D eigenvalue weighted by Gasteiger charge is 2.51. The highest BCUT2D eigenvalue weighted by Crippen LogP contribution is 2.39. The molecule has 1 saturated carbocycles. The summed E-state index contributed by atoms with van der Waals surface area (Å²) >= 11 is 18.3. The average molecular weight is 556 g/mol. The van der Waals surface area contributed by atoms with Crippen molar-refractivity contribution in [1.29, 1.82) is 0 Å². The van der Waals surface area contributed by atoms with Gasteiger partial charge in [0.05, 0.1) is 11.6 Å². The monoisotopic (exact) mass is 554 g/mol. The van der Waals surface area contributed by atoms with Crippen molar-refractivity contribution >= 4 is 56.6 Å². The van der Waals surface area contributed by atoms with Gasteiger partial charge in [-0.1, -0.05) is 46.9 Å². The maximum Gasteiger partial charge on any atom is 0.267 e. The number of hydrogen-bond acceptors (Lipinski definition) is 5. The van der Waals surface area contributed by atoms with Crippen molar-refractivity contribution in [2.45, 2.75) is 42.3 Å². The van der Waals surface area contributed by atoms with E-state index in [4.69, 9.17) is 40.5 Å². The molecule has 3 aliphatic rings. The fraction of sp³-hybridized carbons (Fsp3) is 0.304. The number of benzene rings is 2. The van der Waals surface area contributed by atoms with E-state index in [1.54, 1.807) is 24.3 Å². The zero-order chi connectivity index (χ0) is 25.1. The lowest BCUT2D eigenvalue weighted by molar-refractivity contribution is -0.148. The summed E-state index contributed by atoms with van der Waals surface area (Å²) in [6.07, 6.45) is 3.18. The first-order valence-corrected chi connectivity index (χ1v) is 13.5. The third kappa shape index (κ3) is 4.40. The molecule has 1 aliphatic carbocycles. The van der Waals surface area contributed by atoms with Gasteiger partial charge in [-0.05, 0) is 48.7 Å². The van der Waals surface area contributed by atoms with E-state index in [-0.39, 0.29) is 45.7 Å². The molecule has 2 N–H and O–H groups in total. The van der Waals surface area contributed by atoms with Crippen LogP contribution in [0.4, 0.5) is 0 Å². The summed E-state index contributed by atoms with van der Waals surface area (Å²) in [4.78, 5) is 29.4. The van der Waals surface area contributed by atoms with E-state index in [0.29, 0.717) is 5.02 Å². The number of amides is 2. The Balaban J connectivity index is 1.62. The number of rotatable bonds is 5. The Labute approximate surface area is 217 Å². The predicted octanol–water partition coefficient (Wildman–Crippen LogP) is 3.22. The molecule has 35 heavy (non-hydrogen) atoms. The maximum atomic E-state index is 13.8. The normalized spacial score (nSPS) is 22.9. The number of nitrogens with zero attached hydrogens (tertiary/aromatic N) is 3. The van der Waals surface area contributed by atoms with Crippen LogP contribution in [0, 0.1) is 0 Å². The van der Waals surface area contributed by atoms with Gasteiger partial charge in [-0.3, -0.25) is 14.5 Å². The highest BCUT2D eigenvalue weighted by molar-refractivity contribution is 7.89. The van der Waals surface area contributed by atoms with Crippen LogP contribution in [0.3, 0.4) is 0 Å². The van der Waals surface area contributed by atoms with Crippen LogP contribution < -0.4 is 5.73 Å². The molecule has 2 aromatic carbocycles. The quantitative estimate of drug-likeness (QED) is 0.610. The number of halogens is 3. The zero-order valence-corrected chi connectivity index (χ0v) is 21.4. The van der Waals surface area contributed by atoms with Gasteiger partial charge in [0.1, 0.15) is 22.8 Å². The van der Waals surface area contributed by atoms with Gasteiger partial charge in [0, 0.05) is 28.7 Å². The molecule has 2 unspecified atom stereocenters. The Bertz CT molecular complexity index is 1360. The molecule has 1 saturated heterocycles. The van der Waals surface area contributed by atoms with Gasteiger partial charge >= 0.3 is 0 Å². The smallest absolute Gasteiger partial charge is 0.267 e. The molecule has 2 aromatic rings. The molecular weight excluding hydrogens is 535 g/mol. The summed E-state index contributed by atoms with van der Waals surface area (Å²) in [7, 11) is -4.24. The van der Waals surface area contributed by atoms with E-state index in [9.17, 15) is 18.0 Å². The van der Waals surface area contributed by atoms with Crippen LogP contribution in [-0.2, 0) is 26.0 Å². The van der Waals surface area contributed by atoms with Crippen molar-refractivity contribution < 1.29 is 18.0 Å². The third-order valence-electron chi connectivity index (χ3n) is 6.25. The Morgan fingerprint density at radius 2 is 1.69 bits per heavy atom. The fourth-order valence-corrected chi connectivity index (χ4v) is 6.84. The molecule has 5 rings (SSSR count). The topological polar surface area (TPSA) is 104 Å². The van der Waals surface area contributed by atoms with Gasteiger partial charge in [-0.15, -0.1) is 0 Å². The summed E-state index contributed by atoms with van der Waals surface area (Å²) in [5.41, 5.74) is 6.85. The predicted molar refractivity (Wildman–Crippen MR) is 132 cm³/mol. The van der Waals surface area contributed by atoms with E-state index in [0.717, 1.165) is 22.7 Å². The van der Waals surface area contributed by atoms with Crippen LogP contribution in [0.5, 0.6) is 0 Å². The molecule has 184 valence electrons.